The van der Waals surface area contributed by atoms with E-state index in [0.29, 0.717) is 0 Å². The lowest BCUT2D eigenvalue weighted by molar-refractivity contribution is -0.143. The first kappa shape index (κ1) is 13.9. The number of halogens is 2. The van der Waals surface area contributed by atoms with Gasteiger partial charge >= 0.3 is 5.97 Å². The number of nitrogens with one attached hydrogen (secondary N) is 1. The molecule has 1 unspecified atom stereocenters. The molecule has 0 radical (unpaired) electrons. The van der Waals surface area contributed by atoms with Crippen molar-refractivity contribution < 1.29 is 18.3 Å². The average molecular weight is 269 g/mol. The first-order valence-corrected chi connectivity index (χ1v) is 6.40. The summed E-state index contributed by atoms with van der Waals surface area (Å²) in [6.07, 6.45) is 4.10. The van der Waals surface area contributed by atoms with Crippen molar-refractivity contribution >= 4 is 5.97 Å². The lowest BCUT2D eigenvalue weighted by Gasteiger charge is -2.21. The average Bonchev–Trinajstić information content (AvgIpc) is 2.89. The summed E-state index contributed by atoms with van der Waals surface area (Å²) in [5.41, 5.74) is 0.125. The van der Waals surface area contributed by atoms with E-state index in [1.54, 1.807) is 0 Å². The van der Waals surface area contributed by atoms with Gasteiger partial charge in [0.2, 0.25) is 0 Å². The minimum atomic E-state index is -0.881. The third-order valence-corrected chi connectivity index (χ3v) is 3.47. The van der Waals surface area contributed by atoms with Crippen molar-refractivity contribution in [1.29, 1.82) is 0 Å². The Morgan fingerprint density at radius 3 is 2.63 bits per heavy atom. The van der Waals surface area contributed by atoms with Crippen LogP contribution < -0.4 is 5.32 Å². The molecule has 1 aromatic carbocycles. The number of hydrogen-bond donors (Lipinski definition) is 1. The fraction of sp³-hybridized carbons (Fsp3) is 0.500. The highest BCUT2D eigenvalue weighted by atomic mass is 19.1. The second-order valence-electron chi connectivity index (χ2n) is 4.77. The number of methoxy groups -OCH3 is 1. The van der Waals surface area contributed by atoms with Crippen LogP contribution in [0.1, 0.15) is 37.3 Å². The van der Waals surface area contributed by atoms with Crippen molar-refractivity contribution in [1.82, 2.24) is 5.32 Å². The van der Waals surface area contributed by atoms with E-state index in [4.69, 9.17) is 4.74 Å². The molecule has 0 aliphatic heterocycles. The number of carbonyl (C=O) groups is 1. The number of carbonyl (C=O) groups excluding carboxylic acids is 1. The van der Waals surface area contributed by atoms with Gasteiger partial charge in [-0.25, -0.2) is 13.6 Å². The van der Waals surface area contributed by atoms with Gasteiger partial charge in [0.25, 0.3) is 0 Å². The molecule has 19 heavy (non-hydrogen) atoms. The van der Waals surface area contributed by atoms with E-state index in [1.807, 2.05) is 0 Å². The standard InChI is InChI=1S/C14H17F2NO2/c1-19-14(18)13(17-10-4-2-3-5-10)11-7-6-9(15)8-12(11)16/h6-8,10,13,17H,2-5H2,1H3. The van der Waals surface area contributed by atoms with E-state index in [0.717, 1.165) is 37.8 Å². The molecule has 1 aliphatic carbocycles. The smallest absolute Gasteiger partial charge is 0.327 e. The van der Waals surface area contributed by atoms with Gasteiger partial charge in [0.05, 0.1) is 7.11 Å². The van der Waals surface area contributed by atoms with Crippen molar-refractivity contribution in [2.75, 3.05) is 7.11 Å². The Bertz CT molecular complexity index is 459. The summed E-state index contributed by atoms with van der Waals surface area (Å²) in [6.45, 7) is 0. The van der Waals surface area contributed by atoms with E-state index in [9.17, 15) is 13.6 Å². The Kier molecular flexibility index (Phi) is 4.47. The summed E-state index contributed by atoms with van der Waals surface area (Å²) in [4.78, 5) is 11.8. The normalized spacial score (nSPS) is 17.4. The van der Waals surface area contributed by atoms with E-state index in [-0.39, 0.29) is 11.6 Å². The summed E-state index contributed by atoms with van der Waals surface area (Å²) in [6, 6.07) is 2.50. The summed E-state index contributed by atoms with van der Waals surface area (Å²) in [7, 11) is 1.26. The van der Waals surface area contributed by atoms with E-state index in [1.165, 1.54) is 13.2 Å². The van der Waals surface area contributed by atoms with E-state index >= 15 is 0 Å². The van der Waals surface area contributed by atoms with Crippen molar-refractivity contribution in [3.05, 3.63) is 35.4 Å². The molecule has 5 heteroatoms. The SMILES string of the molecule is COC(=O)C(NC1CCCC1)c1ccc(F)cc1F. The van der Waals surface area contributed by atoms with Crippen LogP contribution in [-0.2, 0) is 9.53 Å². The molecule has 0 heterocycles. The third-order valence-electron chi connectivity index (χ3n) is 3.47. The van der Waals surface area contributed by atoms with Gasteiger partial charge < -0.3 is 4.74 Å². The predicted molar refractivity (Wildman–Crippen MR) is 66.5 cm³/mol. The lowest BCUT2D eigenvalue weighted by atomic mass is 10.0. The summed E-state index contributed by atoms with van der Waals surface area (Å²) >= 11 is 0. The van der Waals surface area contributed by atoms with Crippen molar-refractivity contribution in [3.63, 3.8) is 0 Å². The molecule has 0 amide bonds. The predicted octanol–water partition coefficient (Wildman–Crippen LogP) is 2.71. The molecule has 1 saturated carbocycles. The van der Waals surface area contributed by atoms with Crippen molar-refractivity contribution in [3.8, 4) is 0 Å². The molecule has 2 rings (SSSR count). The number of benzene rings is 1. The molecule has 0 bridgehead atoms. The number of ether oxygens (including phenoxy) is 1. The van der Waals surface area contributed by atoms with Gasteiger partial charge in [-0.1, -0.05) is 18.9 Å². The monoisotopic (exact) mass is 269 g/mol. The van der Waals surface area contributed by atoms with Crippen molar-refractivity contribution in [2.45, 2.75) is 37.8 Å². The second-order valence-corrected chi connectivity index (χ2v) is 4.77. The van der Waals surface area contributed by atoms with Gasteiger partial charge in [-0.05, 0) is 18.9 Å². The quantitative estimate of drug-likeness (QED) is 0.854. The highest BCUT2D eigenvalue weighted by Gasteiger charge is 2.28. The van der Waals surface area contributed by atoms with Crippen LogP contribution in [0.3, 0.4) is 0 Å². The molecule has 1 aliphatic rings. The number of rotatable bonds is 4. The molecular weight excluding hydrogens is 252 g/mol. The second kappa shape index (κ2) is 6.10. The van der Waals surface area contributed by atoms with Gasteiger partial charge in [-0.15, -0.1) is 0 Å². The lowest BCUT2D eigenvalue weighted by Crippen LogP contribution is -2.36. The summed E-state index contributed by atoms with van der Waals surface area (Å²) in [5, 5.41) is 3.11. The largest absolute Gasteiger partial charge is 0.468 e. The van der Waals surface area contributed by atoms with Gasteiger partial charge in [-0.3, -0.25) is 5.32 Å². The molecular formula is C14H17F2NO2. The summed E-state index contributed by atoms with van der Waals surface area (Å²) < 4.78 is 31.4. The fourth-order valence-corrected chi connectivity index (χ4v) is 2.47. The third kappa shape index (κ3) is 3.29. The van der Waals surface area contributed by atoms with Crippen LogP contribution in [0, 0.1) is 11.6 Å². The first-order valence-electron chi connectivity index (χ1n) is 6.40. The maximum atomic E-state index is 13.8. The van der Waals surface area contributed by atoms with E-state index in [2.05, 4.69) is 5.32 Å². The molecule has 0 spiro atoms. The molecule has 1 N–H and O–H groups in total. The summed E-state index contributed by atoms with van der Waals surface area (Å²) in [5.74, 6) is -1.95. The number of hydrogen-bond acceptors (Lipinski definition) is 3. The van der Waals surface area contributed by atoms with Crippen LogP contribution in [0.25, 0.3) is 0 Å². The topological polar surface area (TPSA) is 38.3 Å². The van der Waals surface area contributed by atoms with Gasteiger partial charge in [0, 0.05) is 17.7 Å². The zero-order valence-electron chi connectivity index (χ0n) is 10.8. The Morgan fingerprint density at radius 1 is 1.37 bits per heavy atom. The highest BCUT2D eigenvalue weighted by Crippen LogP contribution is 2.24. The highest BCUT2D eigenvalue weighted by molar-refractivity contribution is 5.77. The van der Waals surface area contributed by atoms with Gasteiger partial charge in [0.1, 0.15) is 17.7 Å². The Morgan fingerprint density at radius 2 is 2.05 bits per heavy atom. The molecule has 1 atom stereocenters. The molecule has 104 valence electrons. The molecule has 1 aromatic rings. The Hall–Kier alpha value is -1.49. The minimum absolute atomic E-state index is 0.125. The minimum Gasteiger partial charge on any atom is -0.468 e. The maximum absolute atomic E-state index is 13.8. The molecule has 0 saturated heterocycles. The van der Waals surface area contributed by atoms with Crippen LogP contribution in [0.4, 0.5) is 8.78 Å². The zero-order chi connectivity index (χ0) is 13.8. The fourth-order valence-electron chi connectivity index (χ4n) is 2.47. The van der Waals surface area contributed by atoms with Gasteiger partial charge in [0.15, 0.2) is 0 Å². The van der Waals surface area contributed by atoms with Crippen LogP contribution in [0.5, 0.6) is 0 Å². The Labute approximate surface area is 111 Å². The van der Waals surface area contributed by atoms with Crippen LogP contribution in [0.2, 0.25) is 0 Å². The van der Waals surface area contributed by atoms with Crippen molar-refractivity contribution in [2.24, 2.45) is 0 Å². The van der Waals surface area contributed by atoms with E-state index < -0.39 is 23.6 Å². The Balaban J connectivity index is 2.23. The molecule has 0 aromatic heterocycles. The maximum Gasteiger partial charge on any atom is 0.327 e. The van der Waals surface area contributed by atoms with Crippen LogP contribution in [-0.4, -0.2) is 19.1 Å². The molecule has 3 nitrogen and oxygen atoms in total. The van der Waals surface area contributed by atoms with Crippen LogP contribution in [0.15, 0.2) is 18.2 Å². The van der Waals surface area contributed by atoms with Gasteiger partial charge in [-0.2, -0.15) is 0 Å². The zero-order valence-corrected chi connectivity index (χ0v) is 10.8. The van der Waals surface area contributed by atoms with Crippen LogP contribution >= 0.6 is 0 Å². The molecule has 1 fully saturated rings. The first-order chi connectivity index (χ1) is 9.11. The number of esters is 1.